The van der Waals surface area contributed by atoms with Crippen molar-refractivity contribution in [2.45, 2.75) is 11.8 Å². The van der Waals surface area contributed by atoms with E-state index in [2.05, 4.69) is 15.4 Å². The average Bonchev–Trinajstić information content (AvgIpc) is 2.51. The summed E-state index contributed by atoms with van der Waals surface area (Å²) < 4.78 is 31.4. The number of nitrogens with one attached hydrogen (secondary N) is 3. The van der Waals surface area contributed by atoms with Gasteiger partial charge in [0.1, 0.15) is 0 Å². The highest BCUT2D eigenvalue weighted by Gasteiger charge is 2.15. The zero-order valence-corrected chi connectivity index (χ0v) is 13.7. The first-order chi connectivity index (χ1) is 10.5. The molecular weight excluding hydrogens is 306 g/mol. The number of rotatable bonds is 10. The van der Waals surface area contributed by atoms with E-state index in [1.807, 2.05) is 6.92 Å². The fourth-order valence-electron chi connectivity index (χ4n) is 1.71. The van der Waals surface area contributed by atoms with Gasteiger partial charge < -0.3 is 15.4 Å². The molecule has 0 aliphatic rings. The molecule has 1 aromatic rings. The maximum absolute atomic E-state index is 12.1. The predicted molar refractivity (Wildman–Crippen MR) is 84.4 cm³/mol. The van der Waals surface area contributed by atoms with E-state index >= 15 is 0 Å². The lowest BCUT2D eigenvalue weighted by atomic mass is 10.2. The number of amides is 1. The first-order valence-electron chi connectivity index (χ1n) is 7.09. The Morgan fingerprint density at radius 1 is 1.23 bits per heavy atom. The molecule has 124 valence electrons. The maximum atomic E-state index is 12.1. The Hall–Kier alpha value is -1.48. The molecule has 0 radical (unpaired) electrons. The van der Waals surface area contributed by atoms with Crippen molar-refractivity contribution in [2.75, 3.05) is 39.9 Å². The van der Waals surface area contributed by atoms with Gasteiger partial charge in [-0.25, -0.2) is 13.1 Å². The number of hydrogen-bond donors (Lipinski definition) is 3. The second kappa shape index (κ2) is 9.52. The molecule has 1 amide bonds. The van der Waals surface area contributed by atoms with Crippen molar-refractivity contribution in [3.05, 3.63) is 29.8 Å². The third-order valence-corrected chi connectivity index (χ3v) is 4.30. The van der Waals surface area contributed by atoms with Gasteiger partial charge in [-0.1, -0.05) is 13.0 Å². The first kappa shape index (κ1) is 18.6. The molecule has 0 unspecified atom stereocenters. The van der Waals surface area contributed by atoms with E-state index in [1.165, 1.54) is 19.2 Å². The standard InChI is InChI=1S/C14H23N3O4S/c1-3-15-7-8-16-14(18)12-5-4-6-13(11-12)22(19,20)17-9-10-21-2/h4-6,11,15,17H,3,7-10H2,1-2H3,(H,16,18). The van der Waals surface area contributed by atoms with Crippen LogP contribution in [0.15, 0.2) is 29.2 Å². The molecule has 1 aromatic carbocycles. The van der Waals surface area contributed by atoms with Gasteiger partial charge in [0.15, 0.2) is 0 Å². The summed E-state index contributed by atoms with van der Waals surface area (Å²) in [4.78, 5) is 12.0. The minimum atomic E-state index is -3.64. The highest BCUT2D eigenvalue weighted by atomic mass is 32.2. The van der Waals surface area contributed by atoms with Gasteiger partial charge in [0.2, 0.25) is 10.0 Å². The van der Waals surface area contributed by atoms with E-state index in [1.54, 1.807) is 12.1 Å². The van der Waals surface area contributed by atoms with Crippen molar-refractivity contribution in [3.8, 4) is 0 Å². The van der Waals surface area contributed by atoms with E-state index < -0.39 is 10.0 Å². The number of methoxy groups -OCH3 is 1. The molecule has 8 heteroatoms. The van der Waals surface area contributed by atoms with Crippen LogP contribution in [0.3, 0.4) is 0 Å². The van der Waals surface area contributed by atoms with Crippen LogP contribution in [0.4, 0.5) is 0 Å². The van der Waals surface area contributed by atoms with E-state index in [4.69, 9.17) is 4.74 Å². The minimum absolute atomic E-state index is 0.0583. The Bertz CT molecular complexity index is 575. The van der Waals surface area contributed by atoms with Crippen LogP contribution in [0.2, 0.25) is 0 Å². The SMILES string of the molecule is CCNCCNC(=O)c1cccc(S(=O)(=O)NCCOC)c1. The molecular formula is C14H23N3O4S. The van der Waals surface area contributed by atoms with E-state index in [9.17, 15) is 13.2 Å². The summed E-state index contributed by atoms with van der Waals surface area (Å²) in [5.74, 6) is -0.299. The summed E-state index contributed by atoms with van der Waals surface area (Å²) in [7, 11) is -2.15. The largest absolute Gasteiger partial charge is 0.383 e. The fourth-order valence-corrected chi connectivity index (χ4v) is 2.77. The van der Waals surface area contributed by atoms with Crippen LogP contribution >= 0.6 is 0 Å². The monoisotopic (exact) mass is 329 g/mol. The van der Waals surface area contributed by atoms with Gasteiger partial charge in [0.05, 0.1) is 11.5 Å². The van der Waals surface area contributed by atoms with Crippen molar-refractivity contribution in [3.63, 3.8) is 0 Å². The van der Waals surface area contributed by atoms with Crippen molar-refractivity contribution >= 4 is 15.9 Å². The van der Waals surface area contributed by atoms with Crippen LogP contribution in [0.1, 0.15) is 17.3 Å². The topological polar surface area (TPSA) is 96.5 Å². The van der Waals surface area contributed by atoms with Crippen LogP contribution in [-0.4, -0.2) is 54.2 Å². The van der Waals surface area contributed by atoms with Crippen molar-refractivity contribution < 1.29 is 17.9 Å². The van der Waals surface area contributed by atoms with Gasteiger partial charge in [-0.2, -0.15) is 0 Å². The average molecular weight is 329 g/mol. The molecule has 0 aliphatic carbocycles. The molecule has 0 spiro atoms. The van der Waals surface area contributed by atoms with Gasteiger partial charge in [-0.3, -0.25) is 4.79 Å². The summed E-state index contributed by atoms with van der Waals surface area (Å²) in [6, 6.07) is 5.93. The van der Waals surface area contributed by atoms with Crippen molar-refractivity contribution in [1.29, 1.82) is 0 Å². The third-order valence-electron chi connectivity index (χ3n) is 2.84. The Kier molecular flexibility index (Phi) is 8.03. The molecule has 0 bridgehead atoms. The highest BCUT2D eigenvalue weighted by molar-refractivity contribution is 7.89. The van der Waals surface area contributed by atoms with Gasteiger partial charge in [0, 0.05) is 32.3 Å². The fraction of sp³-hybridized carbons (Fsp3) is 0.500. The lowest BCUT2D eigenvalue weighted by Crippen LogP contribution is -2.32. The minimum Gasteiger partial charge on any atom is -0.383 e. The lowest BCUT2D eigenvalue weighted by molar-refractivity contribution is 0.0953. The summed E-state index contributed by atoms with van der Waals surface area (Å²) >= 11 is 0. The molecule has 0 saturated carbocycles. The Morgan fingerprint density at radius 3 is 2.68 bits per heavy atom. The van der Waals surface area contributed by atoms with Crippen molar-refractivity contribution in [2.24, 2.45) is 0 Å². The van der Waals surface area contributed by atoms with Crippen molar-refractivity contribution in [1.82, 2.24) is 15.4 Å². The molecule has 0 atom stereocenters. The summed E-state index contributed by atoms with van der Waals surface area (Å²) in [5.41, 5.74) is 0.311. The number of carbonyl (C=O) groups is 1. The number of ether oxygens (including phenoxy) is 1. The van der Waals surface area contributed by atoms with E-state index in [0.29, 0.717) is 18.7 Å². The van der Waals surface area contributed by atoms with Crippen LogP contribution in [0.25, 0.3) is 0 Å². The maximum Gasteiger partial charge on any atom is 0.251 e. The quantitative estimate of drug-likeness (QED) is 0.523. The molecule has 0 aromatic heterocycles. The molecule has 0 heterocycles. The number of likely N-dealkylation sites (N-methyl/N-ethyl adjacent to an activating group) is 1. The third kappa shape index (κ3) is 6.10. The molecule has 7 nitrogen and oxygen atoms in total. The molecule has 0 fully saturated rings. The van der Waals surface area contributed by atoms with Gasteiger partial charge >= 0.3 is 0 Å². The smallest absolute Gasteiger partial charge is 0.251 e. The normalized spacial score (nSPS) is 11.4. The summed E-state index contributed by atoms with van der Waals surface area (Å²) in [6.45, 7) is 4.42. The number of benzene rings is 1. The van der Waals surface area contributed by atoms with Crippen LogP contribution < -0.4 is 15.4 Å². The van der Waals surface area contributed by atoms with Crippen LogP contribution in [0, 0.1) is 0 Å². The summed E-state index contributed by atoms with van der Waals surface area (Å²) in [6.07, 6.45) is 0. The Balaban J connectivity index is 2.70. The molecule has 0 aliphatic heterocycles. The Morgan fingerprint density at radius 2 is 2.00 bits per heavy atom. The zero-order valence-electron chi connectivity index (χ0n) is 12.9. The van der Waals surface area contributed by atoms with Crippen LogP contribution in [-0.2, 0) is 14.8 Å². The van der Waals surface area contributed by atoms with Gasteiger partial charge in [0.25, 0.3) is 5.91 Å². The van der Waals surface area contributed by atoms with E-state index in [0.717, 1.165) is 6.54 Å². The van der Waals surface area contributed by atoms with Gasteiger partial charge in [-0.15, -0.1) is 0 Å². The number of hydrogen-bond acceptors (Lipinski definition) is 5. The van der Waals surface area contributed by atoms with Gasteiger partial charge in [-0.05, 0) is 24.7 Å². The molecule has 3 N–H and O–H groups in total. The summed E-state index contributed by atoms with van der Waals surface area (Å²) in [5, 5.41) is 5.82. The lowest BCUT2D eigenvalue weighted by Gasteiger charge is -2.09. The highest BCUT2D eigenvalue weighted by Crippen LogP contribution is 2.11. The van der Waals surface area contributed by atoms with Crippen LogP contribution in [0.5, 0.6) is 0 Å². The second-order valence-electron chi connectivity index (χ2n) is 4.53. The number of carbonyl (C=O) groups excluding carboxylic acids is 1. The molecule has 0 saturated heterocycles. The molecule has 1 rings (SSSR count). The zero-order chi connectivity index (χ0) is 16.4. The first-order valence-corrected chi connectivity index (χ1v) is 8.57. The number of sulfonamides is 1. The molecule has 22 heavy (non-hydrogen) atoms. The Labute approximate surface area is 131 Å². The second-order valence-corrected chi connectivity index (χ2v) is 6.29. The predicted octanol–water partition coefficient (Wildman–Crippen LogP) is -0.0494. The van der Waals surface area contributed by atoms with E-state index in [-0.39, 0.29) is 24.0 Å².